The van der Waals surface area contributed by atoms with Gasteiger partial charge in [-0.15, -0.1) is 0 Å². The number of hydrogen-bond donors (Lipinski definition) is 4. The summed E-state index contributed by atoms with van der Waals surface area (Å²) in [6.07, 6.45) is -0.0718. The zero-order chi connectivity index (χ0) is 24.1. The third-order valence-electron chi connectivity index (χ3n) is 5.70. The Morgan fingerprint density at radius 2 is 1.79 bits per heavy atom. The smallest absolute Gasteiger partial charge is 0.399 e. The van der Waals surface area contributed by atoms with Crippen molar-refractivity contribution in [2.45, 2.75) is 25.4 Å². The summed E-state index contributed by atoms with van der Waals surface area (Å²) in [6.45, 7) is 3.69. The summed E-state index contributed by atoms with van der Waals surface area (Å²) in [7, 11) is 1.86. The van der Waals surface area contributed by atoms with Gasteiger partial charge in [0.05, 0.1) is 17.3 Å². The zero-order valence-electron chi connectivity index (χ0n) is 19.0. The van der Waals surface area contributed by atoms with Crippen LogP contribution in [0.2, 0.25) is 0 Å². The van der Waals surface area contributed by atoms with Crippen LogP contribution in [0.4, 0.5) is 36.4 Å². The zero-order valence-corrected chi connectivity index (χ0v) is 19.0. The first-order valence-electron chi connectivity index (χ1n) is 11.4. The van der Waals surface area contributed by atoms with Gasteiger partial charge in [-0.3, -0.25) is 0 Å². The minimum atomic E-state index is -4.44. The molecule has 0 atom stereocenters. The molecule has 0 aliphatic carbocycles. The summed E-state index contributed by atoms with van der Waals surface area (Å²) in [5, 5.41) is 10.3. The van der Waals surface area contributed by atoms with Crippen LogP contribution in [0.15, 0.2) is 30.5 Å². The maximum atomic E-state index is 13.1. The molecule has 5 N–H and O–H groups in total. The summed E-state index contributed by atoms with van der Waals surface area (Å²) >= 11 is 0. The molecule has 0 spiro atoms. The van der Waals surface area contributed by atoms with E-state index >= 15 is 0 Å². The van der Waals surface area contributed by atoms with Crippen LogP contribution in [0, 0.1) is 0 Å². The third kappa shape index (κ3) is 5.77. The minimum absolute atomic E-state index is 0.0923. The number of nitrogens with two attached hydrogens (primary N) is 1. The number of rotatable bonds is 9. The molecule has 1 fully saturated rings. The normalized spacial score (nSPS) is 14.1. The van der Waals surface area contributed by atoms with Gasteiger partial charge in [-0.25, -0.2) is 9.97 Å². The first kappa shape index (κ1) is 23.8. The molecule has 1 aliphatic heterocycles. The van der Waals surface area contributed by atoms with Gasteiger partial charge in [0.15, 0.2) is 0 Å². The van der Waals surface area contributed by atoms with Crippen LogP contribution in [0.5, 0.6) is 0 Å². The first-order chi connectivity index (χ1) is 16.3. The fourth-order valence-corrected chi connectivity index (χ4v) is 4.01. The molecule has 0 unspecified atom stereocenters. The van der Waals surface area contributed by atoms with E-state index in [1.807, 2.05) is 13.1 Å². The van der Waals surface area contributed by atoms with Crippen LogP contribution in [-0.4, -0.2) is 54.7 Å². The Kier molecular flexibility index (Phi) is 7.20. The SMILES string of the molecule is CNCCNc1nc(NCCc2cc(N)cc(C(F)(F)F)c2)c2cc(N3CCCC3)ncc2n1. The van der Waals surface area contributed by atoms with E-state index in [4.69, 9.17) is 5.73 Å². The molecule has 34 heavy (non-hydrogen) atoms. The highest BCUT2D eigenvalue weighted by Crippen LogP contribution is 2.32. The lowest BCUT2D eigenvalue weighted by Gasteiger charge is -2.18. The van der Waals surface area contributed by atoms with Crippen molar-refractivity contribution in [3.63, 3.8) is 0 Å². The quantitative estimate of drug-likeness (QED) is 0.276. The molecule has 8 nitrogen and oxygen atoms in total. The largest absolute Gasteiger partial charge is 0.416 e. The number of hydrogen-bond acceptors (Lipinski definition) is 8. The van der Waals surface area contributed by atoms with Crippen molar-refractivity contribution in [3.05, 3.63) is 41.6 Å². The van der Waals surface area contributed by atoms with Gasteiger partial charge in [0, 0.05) is 43.8 Å². The van der Waals surface area contributed by atoms with E-state index in [1.165, 1.54) is 0 Å². The monoisotopic (exact) mass is 474 g/mol. The highest BCUT2D eigenvalue weighted by molar-refractivity contribution is 5.91. The van der Waals surface area contributed by atoms with Gasteiger partial charge in [-0.05, 0) is 56.1 Å². The highest BCUT2D eigenvalue weighted by Gasteiger charge is 2.31. The Hall–Kier alpha value is -3.34. The number of halogens is 3. The lowest BCUT2D eigenvalue weighted by atomic mass is 10.1. The van der Waals surface area contributed by atoms with Crippen LogP contribution in [-0.2, 0) is 12.6 Å². The molecule has 1 aromatic carbocycles. The van der Waals surface area contributed by atoms with Crippen molar-refractivity contribution in [3.8, 4) is 0 Å². The van der Waals surface area contributed by atoms with Crippen molar-refractivity contribution in [1.82, 2.24) is 20.3 Å². The number of aromatic nitrogens is 3. The van der Waals surface area contributed by atoms with E-state index in [0.717, 1.165) is 55.8 Å². The molecular formula is C23H29F3N8. The van der Waals surface area contributed by atoms with Gasteiger partial charge < -0.3 is 26.6 Å². The third-order valence-corrected chi connectivity index (χ3v) is 5.70. The topological polar surface area (TPSA) is 104 Å². The van der Waals surface area contributed by atoms with Crippen molar-refractivity contribution in [2.75, 3.05) is 61.0 Å². The van der Waals surface area contributed by atoms with E-state index in [-0.39, 0.29) is 5.69 Å². The fourth-order valence-electron chi connectivity index (χ4n) is 4.01. The minimum Gasteiger partial charge on any atom is -0.399 e. The van der Waals surface area contributed by atoms with Crippen LogP contribution in [0.3, 0.4) is 0 Å². The number of pyridine rings is 1. The van der Waals surface area contributed by atoms with Crippen LogP contribution in [0.25, 0.3) is 10.9 Å². The molecule has 1 aliphatic rings. The molecule has 0 radical (unpaired) electrons. The van der Waals surface area contributed by atoms with Gasteiger partial charge in [-0.2, -0.15) is 18.2 Å². The number of benzene rings is 1. The molecule has 0 bridgehead atoms. The summed E-state index contributed by atoms with van der Waals surface area (Å²) in [5.74, 6) is 1.95. The van der Waals surface area contributed by atoms with Gasteiger partial charge in [0.2, 0.25) is 5.95 Å². The molecule has 182 valence electrons. The Labute approximate surface area is 196 Å². The summed E-state index contributed by atoms with van der Waals surface area (Å²) in [5.41, 5.74) is 6.25. The number of alkyl halides is 3. The second-order valence-corrected chi connectivity index (χ2v) is 8.32. The lowest BCUT2D eigenvalue weighted by Crippen LogP contribution is -2.20. The predicted octanol–water partition coefficient (Wildman–Crippen LogP) is 3.51. The van der Waals surface area contributed by atoms with Crippen molar-refractivity contribution in [1.29, 1.82) is 0 Å². The standard InChI is InChI=1S/C23H29F3N8/c1-28-6-7-30-22-32-19-14-31-20(34-8-2-3-9-34)13-18(19)21(33-22)29-5-4-15-10-16(23(24,25)26)12-17(27)11-15/h10-14,28H,2-9,27H2,1H3,(H2,29,30,32,33). The number of nitrogens with zero attached hydrogens (tertiary/aromatic N) is 4. The number of likely N-dealkylation sites (N-methyl/N-ethyl adjacent to an activating group) is 1. The molecule has 0 amide bonds. The number of nitrogens with one attached hydrogen (secondary N) is 3. The second-order valence-electron chi connectivity index (χ2n) is 8.32. The fraction of sp³-hybridized carbons (Fsp3) is 0.435. The summed E-state index contributed by atoms with van der Waals surface area (Å²) in [4.78, 5) is 16.0. The number of fused-ring (bicyclic) bond motifs is 1. The van der Waals surface area contributed by atoms with E-state index in [1.54, 1.807) is 12.3 Å². The molecule has 4 rings (SSSR count). The maximum Gasteiger partial charge on any atom is 0.416 e. The molecule has 3 aromatic rings. The average molecular weight is 475 g/mol. The molecule has 2 aromatic heterocycles. The van der Waals surface area contributed by atoms with E-state index in [2.05, 4.69) is 35.8 Å². The Balaban J connectivity index is 1.57. The van der Waals surface area contributed by atoms with Crippen molar-refractivity contribution in [2.24, 2.45) is 0 Å². The molecule has 11 heteroatoms. The molecule has 3 heterocycles. The van der Waals surface area contributed by atoms with Crippen LogP contribution in [0.1, 0.15) is 24.0 Å². The Morgan fingerprint density at radius 3 is 2.53 bits per heavy atom. The van der Waals surface area contributed by atoms with E-state index in [9.17, 15) is 13.2 Å². The lowest BCUT2D eigenvalue weighted by molar-refractivity contribution is -0.137. The average Bonchev–Trinajstić information content (AvgIpc) is 3.33. The molecule has 1 saturated heterocycles. The maximum absolute atomic E-state index is 13.1. The van der Waals surface area contributed by atoms with Gasteiger partial charge in [0.1, 0.15) is 11.6 Å². The molecule has 0 saturated carbocycles. The van der Waals surface area contributed by atoms with Crippen LogP contribution >= 0.6 is 0 Å². The number of anilines is 4. The summed E-state index contributed by atoms with van der Waals surface area (Å²) < 4.78 is 39.4. The van der Waals surface area contributed by atoms with Gasteiger partial charge >= 0.3 is 6.18 Å². The Morgan fingerprint density at radius 1 is 1.00 bits per heavy atom. The van der Waals surface area contributed by atoms with Crippen molar-refractivity contribution < 1.29 is 13.2 Å². The van der Waals surface area contributed by atoms with E-state index < -0.39 is 11.7 Å². The predicted molar refractivity (Wildman–Crippen MR) is 129 cm³/mol. The van der Waals surface area contributed by atoms with Gasteiger partial charge in [0.25, 0.3) is 0 Å². The number of nitrogen functional groups attached to an aromatic ring is 1. The van der Waals surface area contributed by atoms with Crippen molar-refractivity contribution >= 4 is 34.2 Å². The molecular weight excluding hydrogens is 445 g/mol. The van der Waals surface area contributed by atoms with Crippen LogP contribution < -0.4 is 26.6 Å². The Bertz CT molecular complexity index is 1130. The van der Waals surface area contributed by atoms with E-state index in [0.29, 0.717) is 42.4 Å². The highest BCUT2D eigenvalue weighted by atomic mass is 19.4. The summed E-state index contributed by atoms with van der Waals surface area (Å²) in [6, 6.07) is 5.62. The van der Waals surface area contributed by atoms with Gasteiger partial charge in [-0.1, -0.05) is 0 Å². The first-order valence-corrected chi connectivity index (χ1v) is 11.4. The second kappa shape index (κ2) is 10.3.